The van der Waals surface area contributed by atoms with Crippen LogP contribution in [-0.2, 0) is 4.79 Å². The number of likely N-dealkylation sites (tertiary alicyclic amines) is 1. The van der Waals surface area contributed by atoms with E-state index >= 15 is 0 Å². The molecule has 7 heteroatoms. The van der Waals surface area contributed by atoms with Crippen LogP contribution in [0.3, 0.4) is 0 Å². The Hall–Kier alpha value is -2.51. The van der Waals surface area contributed by atoms with E-state index in [0.717, 1.165) is 21.2 Å². The Morgan fingerprint density at radius 1 is 0.962 bits per heavy atom. The number of amides is 3. The smallest absolute Gasteiger partial charge is 0.324 e. The molecule has 2 heterocycles. The van der Waals surface area contributed by atoms with E-state index in [4.69, 9.17) is 5.84 Å². The summed E-state index contributed by atoms with van der Waals surface area (Å²) in [5.74, 6) is 4.95. The zero-order valence-corrected chi connectivity index (χ0v) is 15.0. The number of para-hydroxylation sites is 2. The van der Waals surface area contributed by atoms with Crippen molar-refractivity contribution in [3.05, 3.63) is 48.5 Å². The zero-order valence-electron chi connectivity index (χ0n) is 14.2. The van der Waals surface area contributed by atoms with Gasteiger partial charge in [-0.05, 0) is 37.1 Å². The topological polar surface area (TPSA) is 78.7 Å². The van der Waals surface area contributed by atoms with E-state index in [2.05, 4.69) is 5.43 Å². The van der Waals surface area contributed by atoms with Gasteiger partial charge in [0.15, 0.2) is 0 Å². The highest BCUT2D eigenvalue weighted by atomic mass is 32.2. The first-order valence-electron chi connectivity index (χ1n) is 8.64. The van der Waals surface area contributed by atoms with Crippen molar-refractivity contribution < 1.29 is 9.59 Å². The van der Waals surface area contributed by atoms with Crippen molar-refractivity contribution in [2.45, 2.75) is 22.6 Å². The number of hydrogen-bond acceptors (Lipinski definition) is 4. The normalized spacial score (nSPS) is 16.7. The summed E-state index contributed by atoms with van der Waals surface area (Å²) < 4.78 is 0. The maximum atomic E-state index is 13.3. The molecule has 0 radical (unpaired) electrons. The number of piperidine rings is 1. The molecule has 3 amide bonds. The van der Waals surface area contributed by atoms with Gasteiger partial charge in [-0.3, -0.25) is 15.1 Å². The number of anilines is 2. The Morgan fingerprint density at radius 2 is 1.50 bits per heavy atom. The monoisotopic (exact) mass is 368 g/mol. The lowest BCUT2D eigenvalue weighted by Crippen LogP contribution is -2.48. The third-order valence-electron chi connectivity index (χ3n) is 4.90. The number of fused-ring (bicyclic) bond motifs is 2. The molecule has 1 saturated heterocycles. The molecular weight excluding hydrogens is 348 g/mol. The van der Waals surface area contributed by atoms with Crippen LogP contribution in [0.5, 0.6) is 0 Å². The van der Waals surface area contributed by atoms with Gasteiger partial charge in [0.1, 0.15) is 0 Å². The lowest BCUT2D eigenvalue weighted by molar-refractivity contribution is -0.126. The van der Waals surface area contributed by atoms with Crippen molar-refractivity contribution >= 4 is 35.1 Å². The second-order valence-electron chi connectivity index (χ2n) is 6.43. The summed E-state index contributed by atoms with van der Waals surface area (Å²) in [6, 6.07) is 15.9. The third-order valence-corrected chi connectivity index (χ3v) is 6.03. The number of rotatable bonds is 1. The number of nitrogens with two attached hydrogens (primary N) is 1. The predicted molar refractivity (Wildman–Crippen MR) is 101 cm³/mol. The van der Waals surface area contributed by atoms with E-state index in [1.807, 2.05) is 53.4 Å². The van der Waals surface area contributed by atoms with E-state index in [9.17, 15) is 9.59 Å². The molecule has 6 nitrogen and oxygen atoms in total. The molecule has 1 fully saturated rings. The maximum absolute atomic E-state index is 13.3. The first kappa shape index (κ1) is 16.9. The second-order valence-corrected chi connectivity index (χ2v) is 7.51. The van der Waals surface area contributed by atoms with Crippen molar-refractivity contribution in [3.8, 4) is 0 Å². The SMILES string of the molecule is NNC(=O)C1CCN(C(=O)N2c3ccccc3Sc3ccccc32)CC1. The molecule has 2 aliphatic heterocycles. The van der Waals surface area contributed by atoms with Crippen LogP contribution >= 0.6 is 11.8 Å². The van der Waals surface area contributed by atoms with Gasteiger partial charge in [0.25, 0.3) is 0 Å². The fraction of sp³-hybridized carbons (Fsp3) is 0.263. The first-order valence-corrected chi connectivity index (χ1v) is 9.46. The van der Waals surface area contributed by atoms with Crippen LogP contribution in [0.2, 0.25) is 0 Å². The lowest BCUT2D eigenvalue weighted by Gasteiger charge is -2.37. The molecule has 3 N–H and O–H groups in total. The summed E-state index contributed by atoms with van der Waals surface area (Å²) >= 11 is 1.68. The molecule has 134 valence electrons. The van der Waals surface area contributed by atoms with E-state index in [1.165, 1.54) is 0 Å². The van der Waals surface area contributed by atoms with Gasteiger partial charge in [0, 0.05) is 28.8 Å². The molecule has 0 spiro atoms. The van der Waals surface area contributed by atoms with Crippen molar-refractivity contribution in [2.75, 3.05) is 18.0 Å². The molecule has 0 atom stereocenters. The standard InChI is InChI=1S/C19H20N4O2S/c20-21-18(24)13-9-11-22(12-10-13)19(25)23-14-5-1-3-7-16(14)26-17-8-4-2-6-15(17)23/h1-8,13H,9-12,20H2,(H,21,24). The van der Waals surface area contributed by atoms with Gasteiger partial charge in [-0.15, -0.1) is 0 Å². The number of hydrogen-bond donors (Lipinski definition) is 2. The van der Waals surface area contributed by atoms with E-state index < -0.39 is 0 Å². The second kappa shape index (κ2) is 7.01. The summed E-state index contributed by atoms with van der Waals surface area (Å²) in [4.78, 5) is 30.8. The number of nitrogens with one attached hydrogen (secondary N) is 1. The highest BCUT2D eigenvalue weighted by molar-refractivity contribution is 7.99. The molecule has 0 aliphatic carbocycles. The quantitative estimate of drug-likeness (QED) is 0.461. The maximum Gasteiger partial charge on any atom is 0.329 e. The number of nitrogens with zero attached hydrogens (tertiary/aromatic N) is 2. The summed E-state index contributed by atoms with van der Waals surface area (Å²) in [6.07, 6.45) is 1.25. The van der Waals surface area contributed by atoms with Crippen molar-refractivity contribution in [3.63, 3.8) is 0 Å². The molecule has 2 aromatic rings. The van der Waals surface area contributed by atoms with Gasteiger partial charge in [-0.2, -0.15) is 0 Å². The Morgan fingerprint density at radius 3 is 2.04 bits per heavy atom. The predicted octanol–water partition coefficient (Wildman–Crippen LogP) is 3.11. The minimum absolute atomic E-state index is 0.0446. The number of benzene rings is 2. The number of carbonyl (C=O) groups is 2. The fourth-order valence-corrected chi connectivity index (χ4v) is 4.56. The third kappa shape index (κ3) is 2.93. The van der Waals surface area contributed by atoms with Gasteiger partial charge >= 0.3 is 6.03 Å². The summed E-state index contributed by atoms with van der Waals surface area (Å²) in [5.41, 5.74) is 4.02. The van der Waals surface area contributed by atoms with Crippen LogP contribution in [0, 0.1) is 5.92 Å². The zero-order chi connectivity index (χ0) is 18.1. The molecular formula is C19H20N4O2S. The van der Waals surface area contributed by atoms with E-state index in [0.29, 0.717) is 25.9 Å². The van der Waals surface area contributed by atoms with Crippen molar-refractivity contribution in [2.24, 2.45) is 11.8 Å². The number of hydrazine groups is 1. The lowest BCUT2D eigenvalue weighted by atomic mass is 9.96. The van der Waals surface area contributed by atoms with Gasteiger partial charge in [-0.25, -0.2) is 10.6 Å². The van der Waals surface area contributed by atoms with E-state index in [-0.39, 0.29) is 17.9 Å². The fourth-order valence-electron chi connectivity index (χ4n) is 3.50. The van der Waals surface area contributed by atoms with Gasteiger partial charge < -0.3 is 4.90 Å². The Labute approximate surface area is 156 Å². The summed E-state index contributed by atoms with van der Waals surface area (Å²) in [6.45, 7) is 1.09. The average Bonchev–Trinajstić information content (AvgIpc) is 2.71. The molecule has 4 rings (SSSR count). The molecule has 26 heavy (non-hydrogen) atoms. The minimum Gasteiger partial charge on any atom is -0.324 e. The largest absolute Gasteiger partial charge is 0.329 e. The van der Waals surface area contributed by atoms with Crippen LogP contribution in [0.15, 0.2) is 58.3 Å². The van der Waals surface area contributed by atoms with Gasteiger partial charge in [0.2, 0.25) is 5.91 Å². The Bertz CT molecular complexity index is 803. The number of urea groups is 1. The Balaban J connectivity index is 1.62. The van der Waals surface area contributed by atoms with Crippen molar-refractivity contribution in [1.29, 1.82) is 0 Å². The molecule has 0 unspecified atom stereocenters. The van der Waals surface area contributed by atoms with Crippen LogP contribution in [0.1, 0.15) is 12.8 Å². The highest BCUT2D eigenvalue weighted by Gasteiger charge is 2.34. The van der Waals surface area contributed by atoms with Crippen molar-refractivity contribution in [1.82, 2.24) is 10.3 Å². The van der Waals surface area contributed by atoms with Gasteiger partial charge in [-0.1, -0.05) is 36.0 Å². The average molecular weight is 368 g/mol. The molecule has 2 aromatic carbocycles. The molecule has 2 aliphatic rings. The highest BCUT2D eigenvalue weighted by Crippen LogP contribution is 2.48. The first-order chi connectivity index (χ1) is 12.7. The number of carbonyl (C=O) groups excluding carboxylic acids is 2. The van der Waals surface area contributed by atoms with Crippen LogP contribution in [0.4, 0.5) is 16.2 Å². The summed E-state index contributed by atoms with van der Waals surface area (Å²) in [7, 11) is 0. The molecule has 0 bridgehead atoms. The summed E-state index contributed by atoms with van der Waals surface area (Å²) in [5, 5.41) is 0. The van der Waals surface area contributed by atoms with Crippen LogP contribution < -0.4 is 16.2 Å². The minimum atomic E-state index is -0.151. The Kier molecular flexibility index (Phi) is 4.57. The molecule has 0 saturated carbocycles. The van der Waals surface area contributed by atoms with Crippen LogP contribution in [0.25, 0.3) is 0 Å². The van der Waals surface area contributed by atoms with Gasteiger partial charge in [0.05, 0.1) is 11.4 Å². The van der Waals surface area contributed by atoms with Crippen LogP contribution in [-0.4, -0.2) is 29.9 Å². The molecule has 0 aromatic heterocycles. The van der Waals surface area contributed by atoms with E-state index in [1.54, 1.807) is 16.7 Å².